The van der Waals surface area contributed by atoms with Crippen molar-refractivity contribution in [2.75, 3.05) is 7.11 Å². The predicted octanol–water partition coefficient (Wildman–Crippen LogP) is 2.95. The van der Waals surface area contributed by atoms with Crippen molar-refractivity contribution in [1.82, 2.24) is 0 Å². The monoisotopic (exact) mass is 296 g/mol. The number of methoxy groups -OCH3 is 1. The summed E-state index contributed by atoms with van der Waals surface area (Å²) < 4.78 is 29.9. The maximum atomic E-state index is 13.5. The Morgan fingerprint density at radius 3 is 2.22 bits per heavy atom. The van der Waals surface area contributed by atoms with Crippen LogP contribution in [0.3, 0.4) is 0 Å². The summed E-state index contributed by atoms with van der Waals surface area (Å²) in [6.45, 7) is 0. The van der Waals surface area contributed by atoms with Crippen LogP contribution in [0.2, 0.25) is 0 Å². The van der Waals surface area contributed by atoms with Crippen molar-refractivity contribution in [3.63, 3.8) is 0 Å². The summed E-state index contributed by atoms with van der Waals surface area (Å²) in [4.78, 5) is 10.9. The number of halogens is 4. The first-order valence-electron chi connectivity index (χ1n) is 4.94. The largest absolute Gasteiger partial charge is 0.491 e. The molecule has 1 saturated carbocycles. The third-order valence-corrected chi connectivity index (χ3v) is 3.84. The molecule has 1 N–H and O–H groups in total. The summed E-state index contributed by atoms with van der Waals surface area (Å²) in [6.07, 6.45) is 0. The van der Waals surface area contributed by atoms with E-state index in [4.69, 9.17) is 28.3 Å². The summed E-state index contributed by atoms with van der Waals surface area (Å²) >= 11 is 11.6. The number of carboxylic acids is 1. The molecule has 0 saturated heterocycles. The third kappa shape index (κ3) is 1.91. The lowest BCUT2D eigenvalue weighted by molar-refractivity contribution is -0.138. The van der Waals surface area contributed by atoms with Crippen molar-refractivity contribution in [3.05, 3.63) is 29.3 Å². The lowest BCUT2D eigenvalue weighted by atomic mass is 10.1. The van der Waals surface area contributed by atoms with Crippen molar-refractivity contribution in [2.24, 2.45) is 5.92 Å². The molecular weight excluding hydrogens is 289 g/mol. The zero-order valence-electron chi connectivity index (χ0n) is 9.08. The molecule has 0 aromatic heterocycles. The lowest BCUT2D eigenvalue weighted by Crippen LogP contribution is -2.03. The molecule has 1 aromatic carbocycles. The van der Waals surface area contributed by atoms with Crippen LogP contribution in [-0.4, -0.2) is 22.5 Å². The highest BCUT2D eigenvalue weighted by Crippen LogP contribution is 2.65. The summed E-state index contributed by atoms with van der Waals surface area (Å²) in [5, 5.41) is 8.88. The van der Waals surface area contributed by atoms with E-state index in [2.05, 4.69) is 4.74 Å². The molecule has 2 rings (SSSR count). The fraction of sp³-hybridized carbons (Fsp3) is 0.364. The number of rotatable bonds is 3. The molecule has 0 heterocycles. The van der Waals surface area contributed by atoms with Gasteiger partial charge in [-0.1, -0.05) is 23.2 Å². The molecule has 0 radical (unpaired) electrons. The number of ether oxygens (including phenoxy) is 1. The second-order valence-electron chi connectivity index (χ2n) is 3.99. The Hall–Kier alpha value is -1.07. The van der Waals surface area contributed by atoms with E-state index in [9.17, 15) is 13.6 Å². The minimum absolute atomic E-state index is 0.100. The summed E-state index contributed by atoms with van der Waals surface area (Å²) in [5.74, 6) is -5.50. The fourth-order valence-electron chi connectivity index (χ4n) is 2.00. The highest BCUT2D eigenvalue weighted by atomic mass is 35.5. The first-order valence-corrected chi connectivity index (χ1v) is 5.69. The number of hydrogen-bond donors (Lipinski definition) is 1. The van der Waals surface area contributed by atoms with Crippen LogP contribution >= 0.6 is 23.2 Å². The standard InChI is InChI=1S/C11H8Cl2F2O3/c1-18-9-5(14)2-4(3-6(9)15)7-8(10(16)17)11(7,12)13/h2-3,7-8H,1H3,(H,16,17)/t7-,8+/m1/s1. The molecule has 2 atom stereocenters. The van der Waals surface area contributed by atoms with Gasteiger partial charge in [0.05, 0.1) is 13.0 Å². The van der Waals surface area contributed by atoms with E-state index in [0.29, 0.717) is 0 Å². The van der Waals surface area contributed by atoms with Gasteiger partial charge < -0.3 is 9.84 Å². The molecule has 1 aromatic rings. The first-order chi connectivity index (χ1) is 8.30. The van der Waals surface area contributed by atoms with E-state index in [1.54, 1.807) is 0 Å². The molecular formula is C11H8Cl2F2O3. The number of carbonyl (C=O) groups is 1. The molecule has 18 heavy (non-hydrogen) atoms. The minimum atomic E-state index is -1.54. The second kappa shape index (κ2) is 4.24. The summed E-state index contributed by atoms with van der Waals surface area (Å²) in [7, 11) is 1.13. The van der Waals surface area contributed by atoms with Crippen molar-refractivity contribution in [2.45, 2.75) is 10.3 Å². The van der Waals surface area contributed by atoms with Gasteiger partial charge in [0.1, 0.15) is 4.33 Å². The second-order valence-corrected chi connectivity index (χ2v) is 5.43. The van der Waals surface area contributed by atoms with Crippen molar-refractivity contribution < 1.29 is 23.4 Å². The van der Waals surface area contributed by atoms with Gasteiger partial charge in [-0.25, -0.2) is 8.78 Å². The molecule has 1 fully saturated rings. The maximum Gasteiger partial charge on any atom is 0.310 e. The predicted molar refractivity (Wildman–Crippen MR) is 61.2 cm³/mol. The fourth-order valence-corrected chi connectivity index (χ4v) is 2.82. The SMILES string of the molecule is COc1c(F)cc([C@@H]2[C@@H](C(=O)O)C2(Cl)Cl)cc1F. The average Bonchev–Trinajstić information content (AvgIpc) is 2.81. The quantitative estimate of drug-likeness (QED) is 0.873. The Morgan fingerprint density at radius 1 is 1.39 bits per heavy atom. The van der Waals surface area contributed by atoms with E-state index in [1.165, 1.54) is 0 Å². The zero-order chi connectivity index (χ0) is 13.7. The van der Waals surface area contributed by atoms with Crippen molar-refractivity contribution in [1.29, 1.82) is 0 Å². The van der Waals surface area contributed by atoms with Crippen LogP contribution < -0.4 is 4.74 Å². The van der Waals surface area contributed by atoms with Gasteiger partial charge in [0.15, 0.2) is 17.4 Å². The molecule has 0 amide bonds. The van der Waals surface area contributed by atoms with E-state index in [1.807, 2.05) is 0 Å². The van der Waals surface area contributed by atoms with Gasteiger partial charge in [0.2, 0.25) is 0 Å². The molecule has 1 aliphatic carbocycles. The molecule has 7 heteroatoms. The van der Waals surface area contributed by atoms with E-state index >= 15 is 0 Å². The third-order valence-electron chi connectivity index (χ3n) is 2.90. The number of carboxylic acid groups (broad SMARTS) is 1. The van der Waals surface area contributed by atoms with Crippen LogP contribution in [0.5, 0.6) is 5.75 Å². The Morgan fingerprint density at radius 2 is 1.89 bits per heavy atom. The summed E-state index contributed by atoms with van der Waals surface area (Å²) in [5.41, 5.74) is 0.100. The highest BCUT2D eigenvalue weighted by Gasteiger charge is 2.68. The molecule has 0 unspecified atom stereocenters. The number of aliphatic carboxylic acids is 1. The van der Waals surface area contributed by atoms with Crippen LogP contribution in [0, 0.1) is 17.6 Å². The lowest BCUT2D eigenvalue weighted by Gasteiger charge is -2.06. The van der Waals surface area contributed by atoms with Crippen molar-refractivity contribution >= 4 is 29.2 Å². The van der Waals surface area contributed by atoms with Crippen LogP contribution in [0.1, 0.15) is 11.5 Å². The van der Waals surface area contributed by atoms with Gasteiger partial charge in [-0.05, 0) is 17.7 Å². The van der Waals surface area contributed by atoms with Crippen molar-refractivity contribution in [3.8, 4) is 5.75 Å². The van der Waals surface area contributed by atoms with E-state index < -0.39 is 39.5 Å². The van der Waals surface area contributed by atoms with E-state index in [-0.39, 0.29) is 5.56 Å². The van der Waals surface area contributed by atoms with Gasteiger partial charge >= 0.3 is 5.97 Å². The molecule has 1 aliphatic rings. The maximum absolute atomic E-state index is 13.5. The Bertz CT molecular complexity index is 496. The smallest absolute Gasteiger partial charge is 0.310 e. The molecule has 0 bridgehead atoms. The van der Waals surface area contributed by atoms with Crippen LogP contribution in [0.4, 0.5) is 8.78 Å². The van der Waals surface area contributed by atoms with Gasteiger partial charge in [0, 0.05) is 5.92 Å². The topological polar surface area (TPSA) is 46.5 Å². The van der Waals surface area contributed by atoms with Gasteiger partial charge in [-0.3, -0.25) is 4.79 Å². The highest BCUT2D eigenvalue weighted by molar-refractivity contribution is 6.53. The molecule has 98 valence electrons. The Balaban J connectivity index is 2.40. The normalized spacial score (nSPS) is 24.7. The van der Waals surface area contributed by atoms with Crippen LogP contribution in [0.25, 0.3) is 0 Å². The molecule has 3 nitrogen and oxygen atoms in total. The number of benzene rings is 1. The number of hydrogen-bond acceptors (Lipinski definition) is 2. The Kier molecular flexibility index (Phi) is 3.15. The van der Waals surface area contributed by atoms with Gasteiger partial charge in [-0.15, -0.1) is 0 Å². The van der Waals surface area contributed by atoms with Gasteiger partial charge in [-0.2, -0.15) is 0 Å². The van der Waals surface area contributed by atoms with Gasteiger partial charge in [0.25, 0.3) is 0 Å². The molecule has 0 aliphatic heterocycles. The average molecular weight is 297 g/mol. The Labute approximate surface area is 111 Å². The zero-order valence-corrected chi connectivity index (χ0v) is 10.6. The number of alkyl halides is 2. The van der Waals surface area contributed by atoms with Crippen LogP contribution in [0.15, 0.2) is 12.1 Å². The first kappa shape index (κ1) is 13.4. The van der Waals surface area contributed by atoms with E-state index in [0.717, 1.165) is 19.2 Å². The minimum Gasteiger partial charge on any atom is -0.491 e. The van der Waals surface area contributed by atoms with Crippen LogP contribution in [-0.2, 0) is 4.79 Å². The summed E-state index contributed by atoms with van der Waals surface area (Å²) in [6, 6.07) is 1.96. The molecule has 0 spiro atoms.